The Bertz CT molecular complexity index is 280. The summed E-state index contributed by atoms with van der Waals surface area (Å²) in [6, 6.07) is -0.294. The topological polar surface area (TPSA) is 55.8 Å². The Morgan fingerprint density at radius 3 is 2.76 bits per heavy atom. The third-order valence-electron chi connectivity index (χ3n) is 3.16. The molecule has 17 heavy (non-hydrogen) atoms. The van der Waals surface area contributed by atoms with Gasteiger partial charge in [0.05, 0.1) is 19.6 Å². The Balaban J connectivity index is 2.54. The van der Waals surface area contributed by atoms with E-state index in [1.165, 1.54) is 7.11 Å². The van der Waals surface area contributed by atoms with E-state index in [-0.39, 0.29) is 23.9 Å². The number of hydrogen-bond donors (Lipinski definition) is 0. The van der Waals surface area contributed by atoms with Gasteiger partial charge in [0.15, 0.2) is 0 Å². The highest BCUT2D eigenvalue weighted by Gasteiger charge is 2.31. The predicted molar refractivity (Wildman–Crippen MR) is 62.4 cm³/mol. The maximum absolute atomic E-state index is 11.6. The Labute approximate surface area is 102 Å². The van der Waals surface area contributed by atoms with Crippen molar-refractivity contribution in [1.82, 2.24) is 4.90 Å². The zero-order valence-electron chi connectivity index (χ0n) is 10.8. The molecule has 1 aliphatic heterocycles. The van der Waals surface area contributed by atoms with Crippen molar-refractivity contribution in [1.29, 1.82) is 0 Å². The molecule has 0 aromatic rings. The van der Waals surface area contributed by atoms with Gasteiger partial charge in [-0.1, -0.05) is 0 Å². The predicted octanol–water partition coefficient (Wildman–Crippen LogP) is 0.823. The minimum absolute atomic E-state index is 0.115. The van der Waals surface area contributed by atoms with Crippen LogP contribution in [-0.2, 0) is 19.1 Å². The fourth-order valence-corrected chi connectivity index (χ4v) is 2.13. The molecule has 0 aromatic carbocycles. The largest absolute Gasteiger partial charge is 0.468 e. The maximum atomic E-state index is 11.6. The van der Waals surface area contributed by atoms with Crippen molar-refractivity contribution in [2.45, 2.75) is 32.7 Å². The van der Waals surface area contributed by atoms with Crippen LogP contribution in [0.1, 0.15) is 26.7 Å². The molecule has 1 rings (SSSR count). The summed E-state index contributed by atoms with van der Waals surface area (Å²) in [6.45, 7) is 5.41. The first-order chi connectivity index (χ1) is 8.10. The Hall–Kier alpha value is -1.10. The second-order valence-corrected chi connectivity index (χ2v) is 4.29. The molecule has 98 valence electrons. The van der Waals surface area contributed by atoms with E-state index in [9.17, 15) is 9.59 Å². The molecule has 0 saturated carbocycles. The van der Waals surface area contributed by atoms with E-state index in [1.54, 1.807) is 13.8 Å². The van der Waals surface area contributed by atoms with Gasteiger partial charge in [-0.2, -0.15) is 0 Å². The molecule has 0 aromatic heterocycles. The van der Waals surface area contributed by atoms with Crippen LogP contribution < -0.4 is 0 Å². The lowest BCUT2D eigenvalue weighted by atomic mass is 9.97. The lowest BCUT2D eigenvalue weighted by Gasteiger charge is -2.34. The number of likely N-dealkylation sites (tertiary alicyclic amines) is 1. The maximum Gasteiger partial charge on any atom is 0.322 e. The van der Waals surface area contributed by atoms with Gasteiger partial charge < -0.3 is 9.47 Å². The summed E-state index contributed by atoms with van der Waals surface area (Å²) in [6.07, 6.45) is 1.74. The number of nitrogens with zero attached hydrogens (tertiary/aromatic N) is 1. The van der Waals surface area contributed by atoms with E-state index >= 15 is 0 Å². The van der Waals surface area contributed by atoms with Crippen molar-refractivity contribution in [2.24, 2.45) is 5.92 Å². The molecule has 1 fully saturated rings. The number of esters is 2. The fourth-order valence-electron chi connectivity index (χ4n) is 2.13. The average molecular weight is 243 g/mol. The van der Waals surface area contributed by atoms with Crippen molar-refractivity contribution < 1.29 is 19.1 Å². The molecule has 1 saturated heterocycles. The van der Waals surface area contributed by atoms with Crippen LogP contribution in [0.4, 0.5) is 0 Å². The van der Waals surface area contributed by atoms with Gasteiger partial charge >= 0.3 is 11.9 Å². The zero-order valence-corrected chi connectivity index (χ0v) is 10.8. The molecular formula is C12H21NO4. The molecule has 2 atom stereocenters. The molecule has 0 aliphatic carbocycles. The standard InChI is InChI=1S/C12H21NO4/c1-4-17-12(15)10-6-5-7-13(8-10)9(2)11(14)16-3/h9-10H,4-8H2,1-3H3/t9?,10-/m0/s1. The summed E-state index contributed by atoms with van der Waals surface area (Å²) in [5.74, 6) is -0.528. The van der Waals surface area contributed by atoms with Crippen molar-refractivity contribution in [3.63, 3.8) is 0 Å². The molecule has 1 unspecified atom stereocenters. The van der Waals surface area contributed by atoms with Crippen LogP contribution in [0.15, 0.2) is 0 Å². The van der Waals surface area contributed by atoms with Crippen LogP contribution in [-0.4, -0.2) is 49.7 Å². The number of carbonyl (C=O) groups excluding carboxylic acids is 2. The van der Waals surface area contributed by atoms with Crippen molar-refractivity contribution in [3.05, 3.63) is 0 Å². The lowest BCUT2D eigenvalue weighted by molar-refractivity contribution is -0.154. The summed E-state index contributed by atoms with van der Waals surface area (Å²) in [7, 11) is 1.38. The van der Waals surface area contributed by atoms with E-state index in [1.807, 2.05) is 4.90 Å². The minimum atomic E-state index is -0.294. The van der Waals surface area contributed by atoms with Gasteiger partial charge in [0, 0.05) is 6.54 Å². The minimum Gasteiger partial charge on any atom is -0.468 e. The molecule has 0 spiro atoms. The van der Waals surface area contributed by atoms with E-state index in [4.69, 9.17) is 9.47 Å². The summed E-state index contributed by atoms with van der Waals surface area (Å²) in [5.41, 5.74) is 0. The van der Waals surface area contributed by atoms with Gasteiger partial charge in [0.25, 0.3) is 0 Å². The van der Waals surface area contributed by atoms with Gasteiger partial charge in [-0.15, -0.1) is 0 Å². The average Bonchev–Trinajstić information content (AvgIpc) is 2.37. The Morgan fingerprint density at radius 2 is 2.18 bits per heavy atom. The molecule has 1 heterocycles. The van der Waals surface area contributed by atoms with Crippen LogP contribution in [0.5, 0.6) is 0 Å². The summed E-state index contributed by atoms with van der Waals surface area (Å²) in [4.78, 5) is 25.1. The highest BCUT2D eigenvalue weighted by Crippen LogP contribution is 2.20. The van der Waals surface area contributed by atoms with E-state index < -0.39 is 0 Å². The second kappa shape index (κ2) is 6.59. The number of methoxy groups -OCH3 is 1. The van der Waals surface area contributed by atoms with Crippen molar-refractivity contribution in [2.75, 3.05) is 26.8 Å². The van der Waals surface area contributed by atoms with Gasteiger partial charge in [0.2, 0.25) is 0 Å². The zero-order chi connectivity index (χ0) is 12.8. The normalized spacial score (nSPS) is 22.9. The molecule has 0 radical (unpaired) electrons. The SMILES string of the molecule is CCOC(=O)[C@H]1CCCN(C(C)C(=O)OC)C1. The third-order valence-corrected chi connectivity index (χ3v) is 3.16. The van der Waals surface area contributed by atoms with Crippen LogP contribution >= 0.6 is 0 Å². The molecule has 0 bridgehead atoms. The van der Waals surface area contributed by atoms with Crippen molar-refractivity contribution in [3.8, 4) is 0 Å². The molecule has 1 aliphatic rings. The van der Waals surface area contributed by atoms with Gasteiger partial charge in [0.1, 0.15) is 6.04 Å². The highest BCUT2D eigenvalue weighted by atomic mass is 16.5. The van der Waals surface area contributed by atoms with Crippen LogP contribution in [0.2, 0.25) is 0 Å². The molecular weight excluding hydrogens is 222 g/mol. The first-order valence-corrected chi connectivity index (χ1v) is 6.08. The second-order valence-electron chi connectivity index (χ2n) is 4.29. The van der Waals surface area contributed by atoms with Gasteiger partial charge in [-0.3, -0.25) is 14.5 Å². The van der Waals surface area contributed by atoms with E-state index in [2.05, 4.69) is 0 Å². The molecule has 5 heteroatoms. The van der Waals surface area contributed by atoms with Gasteiger partial charge in [-0.05, 0) is 33.2 Å². The van der Waals surface area contributed by atoms with Crippen LogP contribution in [0, 0.1) is 5.92 Å². The number of ether oxygens (including phenoxy) is 2. The smallest absolute Gasteiger partial charge is 0.322 e. The number of piperidine rings is 1. The third kappa shape index (κ3) is 3.70. The lowest BCUT2D eigenvalue weighted by Crippen LogP contribution is -2.47. The summed E-state index contributed by atoms with van der Waals surface area (Å²) in [5, 5.41) is 0. The van der Waals surface area contributed by atoms with E-state index in [0.29, 0.717) is 13.2 Å². The van der Waals surface area contributed by atoms with Gasteiger partial charge in [-0.25, -0.2) is 0 Å². The highest BCUT2D eigenvalue weighted by molar-refractivity contribution is 5.76. The first kappa shape index (κ1) is 14.0. The first-order valence-electron chi connectivity index (χ1n) is 6.08. The summed E-state index contributed by atoms with van der Waals surface area (Å²) < 4.78 is 9.73. The van der Waals surface area contributed by atoms with Crippen LogP contribution in [0.25, 0.3) is 0 Å². The molecule has 0 N–H and O–H groups in total. The Kier molecular flexibility index (Phi) is 5.41. The fraction of sp³-hybridized carbons (Fsp3) is 0.833. The monoisotopic (exact) mass is 243 g/mol. The Morgan fingerprint density at radius 1 is 1.47 bits per heavy atom. The molecule has 5 nitrogen and oxygen atoms in total. The van der Waals surface area contributed by atoms with Crippen molar-refractivity contribution >= 4 is 11.9 Å². The molecule has 0 amide bonds. The van der Waals surface area contributed by atoms with E-state index in [0.717, 1.165) is 19.4 Å². The number of hydrogen-bond acceptors (Lipinski definition) is 5. The van der Waals surface area contributed by atoms with Crippen LogP contribution in [0.3, 0.4) is 0 Å². The quantitative estimate of drug-likeness (QED) is 0.684. The number of rotatable bonds is 4. The summed E-state index contributed by atoms with van der Waals surface area (Å²) >= 11 is 0. The number of carbonyl (C=O) groups is 2.